The molecule has 0 saturated heterocycles. The van der Waals surface area contributed by atoms with E-state index in [0.29, 0.717) is 10.0 Å². The maximum atomic E-state index is 13.3. The van der Waals surface area contributed by atoms with Crippen molar-refractivity contribution in [2.75, 3.05) is 0 Å². The highest BCUT2D eigenvalue weighted by molar-refractivity contribution is 9.10. The predicted octanol–water partition coefficient (Wildman–Crippen LogP) is 2.71. The van der Waals surface area contributed by atoms with Crippen LogP contribution < -0.4 is 0 Å². The molecule has 0 bridgehead atoms. The van der Waals surface area contributed by atoms with Gasteiger partial charge < -0.3 is 0 Å². The van der Waals surface area contributed by atoms with Crippen LogP contribution in [0, 0.1) is 17.1 Å². The maximum absolute atomic E-state index is 13.3. The molecule has 1 aromatic carbocycles. The number of rotatable bonds is 1. The van der Waals surface area contributed by atoms with Gasteiger partial charge in [-0.3, -0.25) is 4.79 Å². The fraction of sp³-hybridized carbons (Fsp3) is 0.273. The van der Waals surface area contributed by atoms with Crippen LogP contribution in [0.5, 0.6) is 0 Å². The van der Waals surface area contributed by atoms with Gasteiger partial charge in [-0.05, 0) is 27.6 Å². The maximum Gasteiger partial charge on any atom is 0.137 e. The summed E-state index contributed by atoms with van der Waals surface area (Å²) in [6.07, 6.45) is 0.372. The van der Waals surface area contributed by atoms with Gasteiger partial charge >= 0.3 is 0 Å². The Hall–Kier alpha value is -1.21. The van der Waals surface area contributed by atoms with Gasteiger partial charge in [0.05, 0.1) is 16.0 Å². The lowest BCUT2D eigenvalue weighted by atomic mass is 9.65. The lowest BCUT2D eigenvalue weighted by Crippen LogP contribution is -2.40. The zero-order valence-electron chi connectivity index (χ0n) is 7.76. The molecule has 0 amide bonds. The molecule has 2 rings (SSSR count). The molecule has 1 saturated carbocycles. The van der Waals surface area contributed by atoms with Gasteiger partial charge in [-0.1, -0.05) is 12.1 Å². The number of hydrogen-bond donors (Lipinski definition) is 0. The Morgan fingerprint density at radius 2 is 2.13 bits per heavy atom. The molecule has 1 aliphatic carbocycles. The Morgan fingerprint density at radius 3 is 2.67 bits per heavy atom. The van der Waals surface area contributed by atoms with E-state index < -0.39 is 11.2 Å². The van der Waals surface area contributed by atoms with Crippen molar-refractivity contribution in [2.24, 2.45) is 0 Å². The van der Waals surface area contributed by atoms with Crippen molar-refractivity contribution in [3.05, 3.63) is 34.1 Å². The topological polar surface area (TPSA) is 40.9 Å². The molecule has 0 heterocycles. The van der Waals surface area contributed by atoms with E-state index in [0.717, 1.165) is 0 Å². The smallest absolute Gasteiger partial charge is 0.137 e. The third kappa shape index (κ3) is 1.47. The molecule has 0 aromatic heterocycles. The normalized spacial score (nSPS) is 18.1. The van der Waals surface area contributed by atoms with Gasteiger partial charge in [0.15, 0.2) is 0 Å². The van der Waals surface area contributed by atoms with Crippen LogP contribution in [-0.4, -0.2) is 5.78 Å². The molecule has 0 radical (unpaired) electrons. The first-order valence-electron chi connectivity index (χ1n) is 4.46. The van der Waals surface area contributed by atoms with Crippen molar-refractivity contribution in [3.8, 4) is 6.07 Å². The molecular weight excluding hydrogens is 261 g/mol. The summed E-state index contributed by atoms with van der Waals surface area (Å²) in [5.41, 5.74) is -0.248. The Kier molecular flexibility index (Phi) is 2.35. The van der Waals surface area contributed by atoms with E-state index in [4.69, 9.17) is 5.26 Å². The molecule has 1 aliphatic rings. The van der Waals surface area contributed by atoms with Gasteiger partial charge in [-0.15, -0.1) is 0 Å². The van der Waals surface area contributed by atoms with Crippen LogP contribution >= 0.6 is 15.9 Å². The van der Waals surface area contributed by atoms with Crippen LogP contribution in [0.4, 0.5) is 4.39 Å². The molecule has 4 heteroatoms. The number of nitriles is 1. The predicted molar refractivity (Wildman–Crippen MR) is 55.6 cm³/mol. The number of halogens is 2. The number of benzene rings is 1. The van der Waals surface area contributed by atoms with E-state index in [-0.39, 0.29) is 18.6 Å². The molecule has 0 atom stereocenters. The molecular formula is C11H7BrFNO. The van der Waals surface area contributed by atoms with Gasteiger partial charge in [0, 0.05) is 12.8 Å². The minimum atomic E-state index is -0.821. The summed E-state index contributed by atoms with van der Waals surface area (Å²) >= 11 is 3.11. The second-order valence-electron chi connectivity index (χ2n) is 3.69. The second-order valence-corrected chi connectivity index (χ2v) is 4.48. The standard InChI is InChI=1S/C11H7BrFNO/c12-10-8(2-1-3-9(10)13)11(6-14)4-7(15)5-11/h1-3H,4-5H2. The summed E-state index contributed by atoms with van der Waals surface area (Å²) in [5, 5.41) is 9.08. The fourth-order valence-corrected chi connectivity index (χ4v) is 2.47. The summed E-state index contributed by atoms with van der Waals surface area (Å²) < 4.78 is 13.6. The van der Waals surface area contributed by atoms with E-state index >= 15 is 0 Å². The lowest BCUT2D eigenvalue weighted by Gasteiger charge is -2.34. The molecule has 1 fully saturated rings. The Morgan fingerprint density at radius 1 is 1.47 bits per heavy atom. The first-order chi connectivity index (χ1) is 7.09. The average molecular weight is 268 g/mol. The van der Waals surface area contributed by atoms with Crippen LogP contribution in [0.25, 0.3) is 0 Å². The molecule has 0 N–H and O–H groups in total. The average Bonchev–Trinajstić information content (AvgIpc) is 2.17. The SMILES string of the molecule is N#CC1(c2cccc(F)c2Br)CC(=O)C1. The molecule has 2 nitrogen and oxygen atoms in total. The Balaban J connectivity index is 2.50. The Labute approximate surface area is 94.8 Å². The third-order valence-corrected chi connectivity index (χ3v) is 3.49. The van der Waals surface area contributed by atoms with Crippen molar-refractivity contribution in [1.29, 1.82) is 5.26 Å². The van der Waals surface area contributed by atoms with Crippen LogP contribution in [-0.2, 0) is 10.2 Å². The first kappa shape index (κ1) is 10.3. The van der Waals surface area contributed by atoms with Gasteiger partial charge in [0.1, 0.15) is 11.6 Å². The number of carbonyl (C=O) groups excluding carboxylic acids is 1. The zero-order valence-corrected chi connectivity index (χ0v) is 9.34. The van der Waals surface area contributed by atoms with Crippen LogP contribution in [0.2, 0.25) is 0 Å². The number of Topliss-reactive ketones (excluding diaryl/α,β-unsaturated/α-hetero) is 1. The van der Waals surface area contributed by atoms with Gasteiger partial charge in [-0.2, -0.15) is 5.26 Å². The summed E-state index contributed by atoms with van der Waals surface area (Å²) in [7, 11) is 0. The zero-order chi connectivity index (χ0) is 11.1. The quantitative estimate of drug-likeness (QED) is 0.785. The number of carbonyl (C=O) groups is 1. The summed E-state index contributed by atoms with van der Waals surface area (Å²) in [6, 6.07) is 6.67. The van der Waals surface area contributed by atoms with Crippen molar-refractivity contribution in [3.63, 3.8) is 0 Å². The largest absolute Gasteiger partial charge is 0.300 e. The van der Waals surface area contributed by atoms with Crippen LogP contribution in [0.15, 0.2) is 22.7 Å². The van der Waals surface area contributed by atoms with Gasteiger partial charge in [0.25, 0.3) is 0 Å². The van der Waals surface area contributed by atoms with Crippen molar-refractivity contribution in [1.82, 2.24) is 0 Å². The summed E-state index contributed by atoms with van der Waals surface area (Å²) in [6.45, 7) is 0. The third-order valence-electron chi connectivity index (χ3n) is 2.68. The number of hydrogen-bond acceptors (Lipinski definition) is 2. The highest BCUT2D eigenvalue weighted by Gasteiger charge is 2.46. The molecule has 76 valence electrons. The van der Waals surface area contributed by atoms with Gasteiger partial charge in [0.2, 0.25) is 0 Å². The van der Waals surface area contributed by atoms with Crippen molar-refractivity contribution >= 4 is 21.7 Å². The highest BCUT2D eigenvalue weighted by Crippen LogP contribution is 2.44. The fourth-order valence-electron chi connectivity index (χ4n) is 1.82. The second kappa shape index (κ2) is 3.42. The van der Waals surface area contributed by atoms with Crippen LogP contribution in [0.3, 0.4) is 0 Å². The van der Waals surface area contributed by atoms with E-state index in [1.54, 1.807) is 12.1 Å². The monoisotopic (exact) mass is 267 g/mol. The van der Waals surface area contributed by atoms with Crippen LogP contribution in [0.1, 0.15) is 18.4 Å². The van der Waals surface area contributed by atoms with E-state index in [1.165, 1.54) is 6.07 Å². The van der Waals surface area contributed by atoms with Crippen molar-refractivity contribution in [2.45, 2.75) is 18.3 Å². The minimum Gasteiger partial charge on any atom is -0.300 e. The number of ketones is 1. The summed E-state index contributed by atoms with van der Waals surface area (Å²) in [5.74, 6) is -0.353. The summed E-state index contributed by atoms with van der Waals surface area (Å²) in [4.78, 5) is 11.0. The molecule has 0 unspecified atom stereocenters. The molecule has 0 aliphatic heterocycles. The van der Waals surface area contributed by atoms with E-state index in [1.807, 2.05) is 0 Å². The molecule has 15 heavy (non-hydrogen) atoms. The number of nitrogens with zero attached hydrogens (tertiary/aromatic N) is 1. The highest BCUT2D eigenvalue weighted by atomic mass is 79.9. The molecule has 1 aromatic rings. The Bertz CT molecular complexity index is 470. The van der Waals surface area contributed by atoms with Crippen molar-refractivity contribution < 1.29 is 9.18 Å². The minimum absolute atomic E-state index is 0.0488. The molecule has 0 spiro atoms. The van der Waals surface area contributed by atoms with E-state index in [2.05, 4.69) is 22.0 Å². The lowest BCUT2D eigenvalue weighted by molar-refractivity contribution is -0.126. The van der Waals surface area contributed by atoms with Gasteiger partial charge in [-0.25, -0.2) is 4.39 Å². The van der Waals surface area contributed by atoms with E-state index in [9.17, 15) is 9.18 Å². The first-order valence-corrected chi connectivity index (χ1v) is 5.26.